The maximum Gasteiger partial charge on any atom is 0.246 e. The molecule has 1 amide bonds. The predicted molar refractivity (Wildman–Crippen MR) is 77.3 cm³/mol. The highest BCUT2D eigenvalue weighted by molar-refractivity contribution is 7.89. The molecule has 0 heterocycles. The molecule has 0 atom stereocenters. The number of ether oxygens (including phenoxy) is 2. The van der Waals surface area contributed by atoms with E-state index in [1.54, 1.807) is 6.07 Å². The molecule has 0 fully saturated rings. The third kappa shape index (κ3) is 5.70. The van der Waals surface area contributed by atoms with Crippen LogP contribution in [0, 0.1) is 0 Å². The second-order valence-corrected chi connectivity index (χ2v) is 5.89. The minimum Gasteiger partial charge on any atom is -0.495 e. The van der Waals surface area contributed by atoms with Crippen LogP contribution >= 0.6 is 0 Å². The summed E-state index contributed by atoms with van der Waals surface area (Å²) in [6.07, 6.45) is 0.837. The Balaban J connectivity index is 2.71. The summed E-state index contributed by atoms with van der Waals surface area (Å²) < 4.78 is 33.0. The van der Waals surface area contributed by atoms with Crippen LogP contribution in [0.3, 0.4) is 0 Å². The molecule has 0 aliphatic carbocycles. The van der Waals surface area contributed by atoms with E-state index in [1.165, 1.54) is 19.2 Å². The largest absolute Gasteiger partial charge is 0.495 e. The molecule has 0 aliphatic rings. The first-order valence-electron chi connectivity index (χ1n) is 6.42. The fraction of sp³-hybridized carbons (Fsp3) is 0.462. The Morgan fingerprint density at radius 3 is 2.67 bits per heavy atom. The Bertz CT molecular complexity index is 586. The molecule has 0 spiro atoms. The van der Waals surface area contributed by atoms with Crippen LogP contribution in [0.5, 0.6) is 5.75 Å². The molecule has 0 saturated heterocycles. The molecule has 7 nitrogen and oxygen atoms in total. The van der Waals surface area contributed by atoms with E-state index in [2.05, 4.69) is 5.32 Å². The van der Waals surface area contributed by atoms with Crippen LogP contribution < -0.4 is 15.2 Å². The highest BCUT2D eigenvalue weighted by Crippen LogP contribution is 2.23. The number of carbonyl (C=O) groups is 1. The minimum absolute atomic E-state index is 0.0218. The smallest absolute Gasteiger partial charge is 0.246 e. The molecule has 118 valence electrons. The van der Waals surface area contributed by atoms with Crippen molar-refractivity contribution in [3.8, 4) is 5.75 Å². The van der Waals surface area contributed by atoms with Crippen LogP contribution in [-0.4, -0.2) is 34.6 Å². The predicted octanol–water partition coefficient (Wildman–Crippen LogP) is 0.385. The van der Waals surface area contributed by atoms with Gasteiger partial charge in [0.25, 0.3) is 0 Å². The molecule has 1 aromatic rings. The molecule has 0 radical (unpaired) electrons. The van der Waals surface area contributed by atoms with Gasteiger partial charge < -0.3 is 14.8 Å². The van der Waals surface area contributed by atoms with Gasteiger partial charge in [-0.05, 0) is 24.1 Å². The van der Waals surface area contributed by atoms with E-state index in [0.717, 1.165) is 6.42 Å². The van der Waals surface area contributed by atoms with Crippen LogP contribution in [0.1, 0.15) is 18.9 Å². The first kappa shape index (κ1) is 17.4. The van der Waals surface area contributed by atoms with Gasteiger partial charge in [0.2, 0.25) is 15.9 Å². The normalized spacial score (nSPS) is 11.2. The Morgan fingerprint density at radius 2 is 2.10 bits per heavy atom. The Kier molecular flexibility index (Phi) is 6.60. The van der Waals surface area contributed by atoms with Gasteiger partial charge in [-0.1, -0.05) is 13.0 Å². The topological polar surface area (TPSA) is 108 Å². The van der Waals surface area contributed by atoms with Crippen LogP contribution in [-0.2, 0) is 26.1 Å². The molecule has 0 saturated carbocycles. The summed E-state index contributed by atoms with van der Waals surface area (Å²) in [5.41, 5.74) is 0.601. The molecule has 0 unspecified atom stereocenters. The molecule has 21 heavy (non-hydrogen) atoms. The summed E-state index contributed by atoms with van der Waals surface area (Å²) in [5.74, 6) is -0.102. The number of nitrogens with two attached hydrogens (primary N) is 1. The van der Waals surface area contributed by atoms with E-state index in [1.807, 2.05) is 6.92 Å². The molecule has 0 aliphatic heterocycles. The number of benzene rings is 1. The molecular weight excluding hydrogens is 296 g/mol. The zero-order valence-corrected chi connectivity index (χ0v) is 12.9. The zero-order chi connectivity index (χ0) is 15.9. The van der Waals surface area contributed by atoms with Crippen molar-refractivity contribution < 1.29 is 22.7 Å². The maximum absolute atomic E-state index is 11.5. The second-order valence-electron chi connectivity index (χ2n) is 4.36. The molecule has 1 aromatic carbocycles. The molecule has 0 aromatic heterocycles. The van der Waals surface area contributed by atoms with E-state index in [4.69, 9.17) is 14.6 Å². The van der Waals surface area contributed by atoms with E-state index in [-0.39, 0.29) is 29.7 Å². The fourth-order valence-electron chi connectivity index (χ4n) is 1.61. The van der Waals surface area contributed by atoms with Crippen LogP contribution in [0.4, 0.5) is 0 Å². The van der Waals surface area contributed by atoms with Gasteiger partial charge in [-0.2, -0.15) is 0 Å². The van der Waals surface area contributed by atoms with Crippen LogP contribution in [0.2, 0.25) is 0 Å². The summed E-state index contributed by atoms with van der Waals surface area (Å²) in [5, 5.41) is 7.76. The fourth-order valence-corrected chi connectivity index (χ4v) is 2.36. The quantitative estimate of drug-likeness (QED) is 0.674. The van der Waals surface area contributed by atoms with Crippen molar-refractivity contribution >= 4 is 15.9 Å². The lowest BCUT2D eigenvalue weighted by Gasteiger charge is -2.10. The van der Waals surface area contributed by atoms with Gasteiger partial charge in [0.15, 0.2) is 0 Å². The van der Waals surface area contributed by atoms with Gasteiger partial charge in [0.1, 0.15) is 17.3 Å². The van der Waals surface area contributed by atoms with Gasteiger partial charge in [-0.25, -0.2) is 13.6 Å². The number of carbonyl (C=O) groups excluding carboxylic acids is 1. The lowest BCUT2D eigenvalue weighted by Crippen LogP contribution is -2.27. The Labute approximate surface area is 124 Å². The van der Waals surface area contributed by atoms with E-state index >= 15 is 0 Å². The van der Waals surface area contributed by atoms with Crippen molar-refractivity contribution in [2.75, 3.05) is 20.3 Å². The number of methoxy groups -OCH3 is 1. The lowest BCUT2D eigenvalue weighted by atomic mass is 10.2. The molecule has 1 rings (SSSR count). The average Bonchev–Trinajstić information content (AvgIpc) is 2.44. The van der Waals surface area contributed by atoms with Crippen molar-refractivity contribution in [1.82, 2.24) is 5.32 Å². The Hall–Kier alpha value is -1.64. The molecule has 8 heteroatoms. The van der Waals surface area contributed by atoms with Crippen molar-refractivity contribution in [1.29, 1.82) is 0 Å². The molecular formula is C13H20N2O5S. The maximum atomic E-state index is 11.5. The highest BCUT2D eigenvalue weighted by atomic mass is 32.2. The lowest BCUT2D eigenvalue weighted by molar-refractivity contribution is -0.125. The number of primary sulfonamides is 1. The zero-order valence-electron chi connectivity index (χ0n) is 12.1. The van der Waals surface area contributed by atoms with Crippen molar-refractivity contribution in [2.24, 2.45) is 5.14 Å². The number of nitrogens with one attached hydrogen (secondary N) is 1. The number of rotatable bonds is 8. The van der Waals surface area contributed by atoms with Crippen molar-refractivity contribution in [2.45, 2.75) is 24.8 Å². The number of hydrogen-bond acceptors (Lipinski definition) is 5. The van der Waals surface area contributed by atoms with Crippen LogP contribution in [0.25, 0.3) is 0 Å². The van der Waals surface area contributed by atoms with Crippen LogP contribution in [0.15, 0.2) is 23.1 Å². The van der Waals surface area contributed by atoms with Crippen molar-refractivity contribution in [3.05, 3.63) is 23.8 Å². The third-order valence-corrected chi connectivity index (χ3v) is 3.54. The molecule has 3 N–H and O–H groups in total. The molecule has 0 bridgehead atoms. The summed E-state index contributed by atoms with van der Waals surface area (Å²) in [6, 6.07) is 4.52. The van der Waals surface area contributed by atoms with Gasteiger partial charge in [0, 0.05) is 13.2 Å². The highest BCUT2D eigenvalue weighted by Gasteiger charge is 2.15. The van der Waals surface area contributed by atoms with E-state index in [9.17, 15) is 13.2 Å². The summed E-state index contributed by atoms with van der Waals surface area (Å²) in [4.78, 5) is 11.4. The Morgan fingerprint density at radius 1 is 1.38 bits per heavy atom. The number of hydrogen-bond donors (Lipinski definition) is 2. The standard InChI is InChI=1S/C13H20N2O5S/c1-3-6-20-9-13(16)15-8-10-4-5-11(19-2)12(7-10)21(14,17)18/h4-5,7H,3,6,8-9H2,1-2H3,(H,15,16)(H2,14,17,18). The first-order chi connectivity index (χ1) is 9.88. The first-order valence-corrected chi connectivity index (χ1v) is 7.97. The SMILES string of the molecule is CCCOCC(=O)NCc1ccc(OC)c(S(N)(=O)=O)c1. The van der Waals surface area contributed by atoms with E-state index in [0.29, 0.717) is 12.2 Å². The summed E-state index contributed by atoms with van der Waals surface area (Å²) in [7, 11) is -2.53. The average molecular weight is 316 g/mol. The van der Waals surface area contributed by atoms with E-state index < -0.39 is 10.0 Å². The summed E-state index contributed by atoms with van der Waals surface area (Å²) >= 11 is 0. The summed E-state index contributed by atoms with van der Waals surface area (Å²) in [6.45, 7) is 2.63. The second kappa shape index (κ2) is 7.96. The van der Waals surface area contributed by atoms with Crippen molar-refractivity contribution in [3.63, 3.8) is 0 Å². The third-order valence-electron chi connectivity index (χ3n) is 2.61. The van der Waals surface area contributed by atoms with Gasteiger partial charge in [-0.3, -0.25) is 4.79 Å². The van der Waals surface area contributed by atoms with Gasteiger partial charge in [-0.15, -0.1) is 0 Å². The monoisotopic (exact) mass is 316 g/mol. The minimum atomic E-state index is -3.89. The van der Waals surface area contributed by atoms with Gasteiger partial charge >= 0.3 is 0 Å². The van der Waals surface area contributed by atoms with Gasteiger partial charge in [0.05, 0.1) is 7.11 Å². The number of sulfonamides is 1. The number of amides is 1.